The lowest BCUT2D eigenvalue weighted by Crippen LogP contribution is -2.49. The van der Waals surface area contributed by atoms with Gasteiger partial charge in [-0.2, -0.15) is 13.2 Å². The number of halogens is 4. The highest BCUT2D eigenvalue weighted by molar-refractivity contribution is 5.89. The highest BCUT2D eigenvalue weighted by Gasteiger charge is 2.69. The van der Waals surface area contributed by atoms with Crippen molar-refractivity contribution in [1.82, 2.24) is 0 Å². The zero-order valence-corrected chi connectivity index (χ0v) is 17.7. The molecular formula is C22H21F4NO5. The molecule has 3 rings (SSSR count). The lowest BCUT2D eigenvalue weighted by molar-refractivity contribution is -0.384. The molecule has 0 unspecified atom stereocenters. The van der Waals surface area contributed by atoms with Crippen LogP contribution < -0.4 is 0 Å². The first-order chi connectivity index (χ1) is 14.7. The van der Waals surface area contributed by atoms with E-state index in [4.69, 9.17) is 9.47 Å². The first-order valence-corrected chi connectivity index (χ1v) is 9.68. The number of hydrogen-bond donors (Lipinski definition) is 0. The second-order valence-electron chi connectivity index (χ2n) is 8.23. The molecule has 0 N–H and O–H groups in total. The van der Waals surface area contributed by atoms with Crippen molar-refractivity contribution in [2.24, 2.45) is 5.92 Å². The van der Waals surface area contributed by atoms with Crippen molar-refractivity contribution >= 4 is 11.7 Å². The fraction of sp³-hybridized carbons (Fsp3) is 0.409. The molecule has 32 heavy (non-hydrogen) atoms. The molecule has 0 saturated carbocycles. The number of rotatable bonds is 4. The molecule has 172 valence electrons. The van der Waals surface area contributed by atoms with Crippen LogP contribution in [0, 0.1) is 28.8 Å². The fourth-order valence-corrected chi connectivity index (χ4v) is 3.93. The minimum absolute atomic E-state index is 0.0925. The molecule has 1 aliphatic rings. The van der Waals surface area contributed by atoms with Gasteiger partial charge >= 0.3 is 12.1 Å². The van der Waals surface area contributed by atoms with Gasteiger partial charge in [-0.1, -0.05) is 19.1 Å². The Kier molecular flexibility index (Phi) is 5.80. The lowest BCUT2D eigenvalue weighted by Gasteiger charge is -2.36. The molecule has 0 bridgehead atoms. The van der Waals surface area contributed by atoms with Gasteiger partial charge in [-0.3, -0.25) is 10.1 Å². The van der Waals surface area contributed by atoms with Crippen LogP contribution in [0.2, 0.25) is 0 Å². The Hall–Kier alpha value is -3.01. The number of benzene rings is 2. The van der Waals surface area contributed by atoms with Gasteiger partial charge in [-0.15, -0.1) is 0 Å². The molecule has 1 saturated heterocycles. The lowest BCUT2D eigenvalue weighted by atomic mass is 9.67. The van der Waals surface area contributed by atoms with E-state index in [2.05, 4.69) is 0 Å². The number of hydrogen-bond acceptors (Lipinski definition) is 5. The fourth-order valence-electron chi connectivity index (χ4n) is 3.93. The van der Waals surface area contributed by atoms with Gasteiger partial charge in [-0.05, 0) is 50.1 Å². The summed E-state index contributed by atoms with van der Waals surface area (Å²) in [6.07, 6.45) is -6.44. The number of carbonyl (C=O) groups excluding carboxylic acids is 1. The molecule has 0 spiro atoms. The number of non-ortho nitro benzene ring substituents is 1. The number of nitrogens with zero attached hydrogens (tertiary/aromatic N) is 1. The second kappa shape index (κ2) is 7.84. The zero-order chi connectivity index (χ0) is 24.1. The molecular weight excluding hydrogens is 434 g/mol. The molecule has 0 amide bonds. The molecule has 0 aliphatic carbocycles. The summed E-state index contributed by atoms with van der Waals surface area (Å²) in [7, 11) is 0. The van der Waals surface area contributed by atoms with Gasteiger partial charge in [-0.25, -0.2) is 9.18 Å². The Morgan fingerprint density at radius 1 is 1.16 bits per heavy atom. The molecule has 2 aromatic rings. The number of nitro groups is 1. The maximum Gasteiger partial charge on any atom is 0.417 e. The summed E-state index contributed by atoms with van der Waals surface area (Å²) < 4.78 is 66.4. The van der Waals surface area contributed by atoms with Gasteiger partial charge in [0.1, 0.15) is 5.82 Å². The van der Waals surface area contributed by atoms with Crippen LogP contribution in [-0.2, 0) is 14.9 Å². The monoisotopic (exact) mass is 455 g/mol. The van der Waals surface area contributed by atoms with E-state index < -0.39 is 46.1 Å². The Balaban J connectivity index is 2.03. The summed E-state index contributed by atoms with van der Waals surface area (Å²) >= 11 is 0. The number of aryl methyl sites for hydroxylation is 1. The smallest absolute Gasteiger partial charge is 0.417 e. The SMILES string of the molecule is Cc1cc([C@@]2(C)[C@H](OC(=O)c3ccc([N+](=O)[O-])cc3)O[C@@](C)(C(F)(F)F)[C@H]2C)ccc1F. The van der Waals surface area contributed by atoms with Crippen LogP contribution >= 0.6 is 0 Å². The van der Waals surface area contributed by atoms with Gasteiger partial charge < -0.3 is 9.47 Å². The number of nitro benzene ring substituents is 1. The molecule has 0 radical (unpaired) electrons. The van der Waals surface area contributed by atoms with Crippen molar-refractivity contribution in [2.45, 2.75) is 51.2 Å². The van der Waals surface area contributed by atoms with Crippen LogP contribution in [0.15, 0.2) is 42.5 Å². The molecule has 6 nitrogen and oxygen atoms in total. The standard InChI is InChI=1S/C22H21F4NO5/c1-12-11-15(7-10-17(12)23)20(3)13(2)21(4,22(24,25)26)32-19(20)31-18(28)14-5-8-16(9-6-14)27(29)30/h5-11,13,19H,1-4H3/t13-,19+,20-,21+/m0/s1. The Morgan fingerprint density at radius 3 is 2.25 bits per heavy atom. The molecule has 10 heteroatoms. The normalized spacial score (nSPS) is 27.9. The molecule has 1 fully saturated rings. The van der Waals surface area contributed by atoms with Crippen molar-refractivity contribution in [1.29, 1.82) is 0 Å². The number of carbonyl (C=O) groups is 1. The third-order valence-corrected chi connectivity index (χ3v) is 6.44. The van der Waals surface area contributed by atoms with Crippen molar-refractivity contribution in [3.8, 4) is 0 Å². The molecule has 2 aromatic carbocycles. The molecule has 4 atom stereocenters. The van der Waals surface area contributed by atoms with E-state index in [1.165, 1.54) is 32.9 Å². The summed E-state index contributed by atoms with van der Waals surface area (Å²) in [4.78, 5) is 22.8. The average molecular weight is 455 g/mol. The Bertz CT molecular complexity index is 1060. The van der Waals surface area contributed by atoms with E-state index in [0.29, 0.717) is 5.56 Å². The van der Waals surface area contributed by atoms with Gasteiger partial charge in [0.05, 0.1) is 15.9 Å². The predicted octanol–water partition coefficient (Wildman–Crippen LogP) is 5.47. The van der Waals surface area contributed by atoms with Crippen molar-refractivity contribution in [3.63, 3.8) is 0 Å². The Labute approximate surface area is 181 Å². The van der Waals surface area contributed by atoms with Gasteiger partial charge in [0, 0.05) is 18.1 Å². The summed E-state index contributed by atoms with van der Waals surface area (Å²) in [5, 5.41) is 10.8. The molecule has 1 heterocycles. The van der Waals surface area contributed by atoms with E-state index in [1.807, 2.05) is 0 Å². The van der Waals surface area contributed by atoms with Gasteiger partial charge in [0.2, 0.25) is 6.29 Å². The minimum Gasteiger partial charge on any atom is -0.431 e. The number of alkyl halides is 3. The second-order valence-corrected chi connectivity index (χ2v) is 8.23. The topological polar surface area (TPSA) is 78.7 Å². The van der Waals surface area contributed by atoms with Crippen LogP contribution in [0.25, 0.3) is 0 Å². The predicted molar refractivity (Wildman–Crippen MR) is 105 cm³/mol. The molecule has 0 aromatic heterocycles. The maximum atomic E-state index is 14.0. The minimum atomic E-state index is -4.78. The van der Waals surface area contributed by atoms with Crippen LogP contribution in [0.3, 0.4) is 0 Å². The van der Waals surface area contributed by atoms with Crippen LogP contribution in [0.4, 0.5) is 23.2 Å². The van der Waals surface area contributed by atoms with Crippen LogP contribution in [0.5, 0.6) is 0 Å². The van der Waals surface area contributed by atoms with E-state index >= 15 is 0 Å². The first-order valence-electron chi connectivity index (χ1n) is 9.68. The summed E-state index contributed by atoms with van der Waals surface area (Å²) in [6, 6.07) is 8.33. The quantitative estimate of drug-likeness (QED) is 0.264. The molecule has 1 aliphatic heterocycles. The maximum absolute atomic E-state index is 14.0. The van der Waals surface area contributed by atoms with Crippen molar-refractivity contribution in [2.75, 3.05) is 0 Å². The average Bonchev–Trinajstić information content (AvgIpc) is 2.92. The summed E-state index contributed by atoms with van der Waals surface area (Å²) in [5.41, 5.74) is -3.94. The van der Waals surface area contributed by atoms with E-state index in [9.17, 15) is 32.5 Å². The summed E-state index contributed by atoms with van der Waals surface area (Å²) in [6.45, 7) is 5.16. The van der Waals surface area contributed by atoms with Gasteiger partial charge in [0.15, 0.2) is 5.60 Å². The highest BCUT2D eigenvalue weighted by atomic mass is 19.4. The number of ether oxygens (including phenoxy) is 2. The zero-order valence-electron chi connectivity index (χ0n) is 17.7. The van der Waals surface area contributed by atoms with E-state index in [-0.39, 0.29) is 16.8 Å². The van der Waals surface area contributed by atoms with Crippen LogP contribution in [-0.4, -0.2) is 29.0 Å². The first kappa shape index (κ1) is 23.6. The third-order valence-electron chi connectivity index (χ3n) is 6.44. The highest BCUT2D eigenvalue weighted by Crippen LogP contribution is 2.56. The Morgan fingerprint density at radius 2 is 1.75 bits per heavy atom. The van der Waals surface area contributed by atoms with Crippen LogP contribution in [0.1, 0.15) is 42.3 Å². The largest absolute Gasteiger partial charge is 0.431 e. The van der Waals surface area contributed by atoms with E-state index in [0.717, 1.165) is 37.3 Å². The summed E-state index contributed by atoms with van der Waals surface area (Å²) in [5.74, 6) is -2.75. The van der Waals surface area contributed by atoms with Crippen molar-refractivity contribution in [3.05, 3.63) is 75.1 Å². The van der Waals surface area contributed by atoms with Gasteiger partial charge in [0.25, 0.3) is 5.69 Å². The third kappa shape index (κ3) is 3.72. The van der Waals surface area contributed by atoms with E-state index in [1.54, 1.807) is 0 Å². The number of esters is 1. The van der Waals surface area contributed by atoms with Crippen molar-refractivity contribution < 1.29 is 36.8 Å².